The van der Waals surface area contributed by atoms with Gasteiger partial charge in [-0.2, -0.15) is 0 Å². The Morgan fingerprint density at radius 3 is 1.72 bits per heavy atom. The number of hydrogen-bond acceptors (Lipinski definition) is 7. The van der Waals surface area contributed by atoms with E-state index >= 15 is 0 Å². The highest BCUT2D eigenvalue weighted by atomic mass is 16.4. The lowest BCUT2D eigenvalue weighted by atomic mass is 10.0. The predicted molar refractivity (Wildman–Crippen MR) is 155 cm³/mol. The van der Waals surface area contributed by atoms with Crippen molar-refractivity contribution in [2.24, 2.45) is 5.73 Å². The Bertz CT molecular complexity index is 1650. The molecule has 4 unspecified atom stereocenters. The molecular weight excluding hydrogens is 560 g/mol. The maximum Gasteiger partial charge on any atom is 0.328 e. The molecule has 0 radical (unpaired) electrons. The molecule has 0 aliphatic rings. The number of aliphatic hydroxyl groups excluding tert-OH is 1. The maximum absolute atomic E-state index is 13.5. The van der Waals surface area contributed by atoms with Crippen LogP contribution in [0.2, 0.25) is 0 Å². The number of nitrogens with one attached hydrogen (secondary N) is 5. The Morgan fingerprint density at radius 2 is 1.19 bits per heavy atom. The van der Waals surface area contributed by atoms with Gasteiger partial charge in [0.2, 0.25) is 17.7 Å². The first-order valence-corrected chi connectivity index (χ1v) is 13.4. The smallest absolute Gasteiger partial charge is 0.328 e. The molecule has 10 N–H and O–H groups in total. The van der Waals surface area contributed by atoms with Crippen LogP contribution >= 0.6 is 0 Å². The van der Waals surface area contributed by atoms with Crippen LogP contribution in [0.5, 0.6) is 0 Å². The first-order chi connectivity index (χ1) is 20.6. The Balaban J connectivity index is 1.56. The number of aliphatic hydroxyl groups is 1. The average Bonchev–Trinajstić information content (AvgIpc) is 3.58. The zero-order chi connectivity index (χ0) is 31.1. The molecule has 3 amide bonds. The van der Waals surface area contributed by atoms with Crippen molar-refractivity contribution in [2.45, 2.75) is 43.4 Å². The number of hydrogen-bond donors (Lipinski definition) is 9. The van der Waals surface area contributed by atoms with Crippen LogP contribution in [0.1, 0.15) is 17.5 Å². The van der Waals surface area contributed by atoms with Crippen LogP contribution in [0.3, 0.4) is 0 Å². The largest absolute Gasteiger partial charge is 0.481 e. The van der Waals surface area contributed by atoms with E-state index in [0.717, 1.165) is 27.4 Å². The number of rotatable bonds is 14. The summed E-state index contributed by atoms with van der Waals surface area (Å²) >= 11 is 0. The average molecular weight is 593 g/mol. The highest BCUT2D eigenvalue weighted by Gasteiger charge is 2.32. The van der Waals surface area contributed by atoms with Gasteiger partial charge in [-0.25, -0.2) is 4.79 Å². The van der Waals surface area contributed by atoms with Crippen LogP contribution in [0.4, 0.5) is 0 Å². The number of nitrogens with two attached hydrogens (primary N) is 1. The fourth-order valence-electron chi connectivity index (χ4n) is 4.75. The lowest BCUT2D eigenvalue weighted by Crippen LogP contribution is -2.58. The molecule has 2 aromatic carbocycles. The van der Waals surface area contributed by atoms with Crippen LogP contribution < -0.4 is 21.7 Å². The van der Waals surface area contributed by atoms with E-state index in [2.05, 4.69) is 20.6 Å². The van der Waals surface area contributed by atoms with Crippen molar-refractivity contribution in [3.63, 3.8) is 0 Å². The molecule has 2 aromatic heterocycles. The van der Waals surface area contributed by atoms with Crippen molar-refractivity contribution in [1.82, 2.24) is 25.9 Å². The normalized spacial score (nSPS) is 14.0. The third-order valence-corrected chi connectivity index (χ3v) is 6.99. The summed E-state index contributed by atoms with van der Waals surface area (Å²) in [4.78, 5) is 68.5. The summed E-state index contributed by atoms with van der Waals surface area (Å²) in [6.45, 7) is -0.956. The van der Waals surface area contributed by atoms with E-state index in [0.29, 0.717) is 5.56 Å². The number of H-pyrrole nitrogens is 2. The molecule has 0 aliphatic heterocycles. The van der Waals surface area contributed by atoms with E-state index in [9.17, 15) is 34.2 Å². The van der Waals surface area contributed by atoms with Gasteiger partial charge < -0.3 is 47.0 Å². The maximum atomic E-state index is 13.5. The van der Waals surface area contributed by atoms with Crippen LogP contribution in [0, 0.1) is 0 Å². The molecule has 4 atom stereocenters. The second-order valence-electron chi connectivity index (χ2n) is 10.0. The third-order valence-electron chi connectivity index (χ3n) is 6.99. The van der Waals surface area contributed by atoms with Gasteiger partial charge in [0, 0.05) is 40.6 Å². The first-order valence-electron chi connectivity index (χ1n) is 13.4. The molecule has 14 heteroatoms. The number of para-hydroxylation sites is 2. The molecule has 4 aromatic rings. The van der Waals surface area contributed by atoms with Gasteiger partial charge in [0.25, 0.3) is 0 Å². The standard InChI is InChI=1S/C29H32N6O8/c30-19(9-15-12-31-20-7-3-1-5-17(15)20)26(39)33-22(10-16-13-32-21-8-4-2-6-18(16)21)27(40)34-23(11-25(37)38)28(41)35-24(14-36)29(42)43/h1-8,12-13,19,22-24,31-32,36H,9-11,14,30H2,(H,33,39)(H,34,40)(H,35,41)(H,37,38)(H,42,43). The topological polar surface area (TPSA) is 240 Å². The molecule has 4 rings (SSSR count). The Morgan fingerprint density at radius 1 is 0.698 bits per heavy atom. The monoisotopic (exact) mass is 592 g/mol. The van der Waals surface area contributed by atoms with Gasteiger partial charge in [-0.15, -0.1) is 0 Å². The molecule has 226 valence electrons. The van der Waals surface area contributed by atoms with Crippen molar-refractivity contribution in [2.75, 3.05) is 6.61 Å². The molecule has 0 aliphatic carbocycles. The molecule has 14 nitrogen and oxygen atoms in total. The van der Waals surface area contributed by atoms with Crippen molar-refractivity contribution in [3.05, 3.63) is 72.1 Å². The second kappa shape index (κ2) is 13.6. The van der Waals surface area contributed by atoms with Crippen LogP contribution in [-0.2, 0) is 36.8 Å². The van der Waals surface area contributed by atoms with Gasteiger partial charge in [0.15, 0.2) is 0 Å². The summed E-state index contributed by atoms with van der Waals surface area (Å²) in [5.41, 5.74) is 9.35. The van der Waals surface area contributed by atoms with Crippen LogP contribution in [0.25, 0.3) is 21.8 Å². The fourth-order valence-corrected chi connectivity index (χ4v) is 4.75. The van der Waals surface area contributed by atoms with Gasteiger partial charge >= 0.3 is 11.9 Å². The number of carbonyl (C=O) groups excluding carboxylic acids is 3. The van der Waals surface area contributed by atoms with Crippen molar-refractivity contribution < 1.29 is 39.3 Å². The van der Waals surface area contributed by atoms with E-state index in [-0.39, 0.29) is 12.8 Å². The number of amides is 3. The SMILES string of the molecule is NC(Cc1c[nH]c2ccccc12)C(=O)NC(Cc1c[nH]c2ccccc12)C(=O)NC(CC(=O)O)C(=O)NC(CO)C(=O)O. The molecule has 0 saturated heterocycles. The van der Waals surface area contributed by atoms with Crippen LogP contribution in [0.15, 0.2) is 60.9 Å². The minimum atomic E-state index is -1.72. The van der Waals surface area contributed by atoms with Crippen molar-refractivity contribution in [3.8, 4) is 0 Å². The number of benzene rings is 2. The van der Waals surface area contributed by atoms with Gasteiger partial charge in [0.05, 0.1) is 19.1 Å². The summed E-state index contributed by atoms with van der Waals surface area (Å²) in [5.74, 6) is -5.68. The number of carbonyl (C=O) groups is 5. The summed E-state index contributed by atoms with van der Waals surface area (Å²) in [6.07, 6.45) is 2.64. The molecule has 0 bridgehead atoms. The minimum Gasteiger partial charge on any atom is -0.481 e. The number of aliphatic carboxylic acids is 2. The summed E-state index contributed by atoms with van der Waals surface area (Å²) in [6, 6.07) is 9.00. The highest BCUT2D eigenvalue weighted by molar-refractivity contribution is 5.96. The number of carboxylic acid groups (broad SMARTS) is 2. The number of aromatic nitrogens is 2. The lowest BCUT2D eigenvalue weighted by Gasteiger charge is -2.24. The first kappa shape index (κ1) is 30.7. The molecule has 0 fully saturated rings. The summed E-state index contributed by atoms with van der Waals surface area (Å²) in [5, 5.41) is 36.4. The summed E-state index contributed by atoms with van der Waals surface area (Å²) in [7, 11) is 0. The zero-order valence-corrected chi connectivity index (χ0v) is 22.9. The van der Waals surface area contributed by atoms with E-state index in [1.54, 1.807) is 18.5 Å². The predicted octanol–water partition coefficient (Wildman–Crippen LogP) is -0.232. The fraction of sp³-hybridized carbons (Fsp3) is 0.276. The van der Waals surface area contributed by atoms with Crippen molar-refractivity contribution >= 4 is 51.5 Å². The molecule has 2 heterocycles. The van der Waals surface area contributed by atoms with E-state index in [4.69, 9.17) is 10.8 Å². The number of aromatic amines is 2. The lowest BCUT2D eigenvalue weighted by molar-refractivity contribution is -0.144. The molecule has 0 spiro atoms. The minimum absolute atomic E-state index is 0.0445. The highest BCUT2D eigenvalue weighted by Crippen LogP contribution is 2.21. The number of fused-ring (bicyclic) bond motifs is 2. The van der Waals surface area contributed by atoms with Crippen molar-refractivity contribution in [1.29, 1.82) is 0 Å². The number of carboxylic acids is 2. The Kier molecular flexibility index (Phi) is 9.75. The van der Waals surface area contributed by atoms with Gasteiger partial charge in [-0.1, -0.05) is 36.4 Å². The Hall–Kier alpha value is -5.21. The molecule has 0 saturated carbocycles. The van der Waals surface area contributed by atoms with Gasteiger partial charge in [-0.05, 0) is 29.7 Å². The second-order valence-corrected chi connectivity index (χ2v) is 10.0. The molecular formula is C29H32N6O8. The van der Waals surface area contributed by atoms with Gasteiger partial charge in [0.1, 0.15) is 18.1 Å². The quantitative estimate of drug-likeness (QED) is 0.0938. The Labute approximate surface area is 244 Å². The van der Waals surface area contributed by atoms with Gasteiger partial charge in [-0.3, -0.25) is 19.2 Å². The van der Waals surface area contributed by atoms with Crippen LogP contribution in [-0.4, -0.2) is 85.7 Å². The third kappa shape index (κ3) is 7.55. The van der Waals surface area contributed by atoms with E-state index < -0.39 is 66.9 Å². The van der Waals surface area contributed by atoms with E-state index in [1.807, 2.05) is 47.8 Å². The molecule has 43 heavy (non-hydrogen) atoms. The summed E-state index contributed by atoms with van der Waals surface area (Å²) < 4.78 is 0. The van der Waals surface area contributed by atoms with E-state index in [1.165, 1.54) is 0 Å². The zero-order valence-electron chi connectivity index (χ0n) is 22.9.